The van der Waals surface area contributed by atoms with Crippen molar-refractivity contribution in [1.82, 2.24) is 10.6 Å². The number of rotatable bonds is 9. The number of hydrogen-bond donors (Lipinski definition) is 3. The smallest absolute Gasteiger partial charge is 0.309 e. The molecule has 1 rings (SSSR count). The Morgan fingerprint density at radius 1 is 1.00 bits per heavy atom. The summed E-state index contributed by atoms with van der Waals surface area (Å²) in [5, 5.41) is 13.8. The van der Waals surface area contributed by atoms with E-state index in [0.29, 0.717) is 25.9 Å². The maximum Gasteiger partial charge on any atom is 0.309 e. The summed E-state index contributed by atoms with van der Waals surface area (Å²) in [5.41, 5.74) is 1.06. The third-order valence-corrected chi connectivity index (χ3v) is 3.18. The summed E-state index contributed by atoms with van der Waals surface area (Å²) in [4.78, 5) is 23.1. The zero-order valence-corrected chi connectivity index (χ0v) is 12.9. The van der Waals surface area contributed by atoms with Crippen LogP contribution >= 0.6 is 0 Å². The van der Waals surface area contributed by atoms with E-state index in [9.17, 15) is 9.59 Å². The number of carbonyl (C=O) groups excluding carboxylic acids is 2. The first-order chi connectivity index (χ1) is 10.7. The molecule has 3 N–H and O–H groups in total. The molecule has 122 valence electrons. The molecule has 1 aromatic carbocycles. The summed E-state index contributed by atoms with van der Waals surface area (Å²) in [6, 6.07) is 7.56. The van der Waals surface area contributed by atoms with E-state index < -0.39 is 11.8 Å². The Bertz CT molecular complexity index is 460. The lowest BCUT2D eigenvalue weighted by Gasteiger charge is -2.07. The van der Waals surface area contributed by atoms with Crippen LogP contribution in [0, 0.1) is 0 Å². The molecule has 1 aromatic rings. The minimum atomic E-state index is -0.615. The van der Waals surface area contributed by atoms with Gasteiger partial charge in [-0.15, -0.1) is 0 Å². The highest BCUT2D eigenvalue weighted by molar-refractivity contribution is 6.35. The monoisotopic (exact) mass is 308 g/mol. The first-order valence-electron chi connectivity index (χ1n) is 7.47. The highest BCUT2D eigenvalue weighted by atomic mass is 16.5. The number of amides is 2. The topological polar surface area (TPSA) is 87.7 Å². The first kappa shape index (κ1) is 18.0. The summed E-state index contributed by atoms with van der Waals surface area (Å²) in [6.07, 6.45) is 2.95. The quantitative estimate of drug-likeness (QED) is 0.461. The second-order valence-electron chi connectivity index (χ2n) is 4.89. The fourth-order valence-electron chi connectivity index (χ4n) is 1.89. The zero-order valence-electron chi connectivity index (χ0n) is 12.9. The van der Waals surface area contributed by atoms with Crippen LogP contribution in [0.1, 0.15) is 24.8 Å². The minimum absolute atomic E-state index is 0.153. The van der Waals surface area contributed by atoms with Gasteiger partial charge in [0.1, 0.15) is 5.75 Å². The number of nitrogens with one attached hydrogen (secondary N) is 2. The van der Waals surface area contributed by atoms with Gasteiger partial charge in [0, 0.05) is 19.7 Å². The molecule has 0 saturated heterocycles. The average Bonchev–Trinajstić information content (AvgIpc) is 2.55. The van der Waals surface area contributed by atoms with E-state index in [4.69, 9.17) is 9.84 Å². The van der Waals surface area contributed by atoms with Crippen molar-refractivity contribution in [3.05, 3.63) is 29.8 Å². The van der Waals surface area contributed by atoms with Crippen molar-refractivity contribution < 1.29 is 19.4 Å². The number of ether oxygens (including phenoxy) is 1. The van der Waals surface area contributed by atoms with Gasteiger partial charge in [0.25, 0.3) is 0 Å². The molecule has 0 fully saturated rings. The second-order valence-corrected chi connectivity index (χ2v) is 4.89. The third kappa shape index (κ3) is 7.08. The van der Waals surface area contributed by atoms with Crippen LogP contribution in [0.5, 0.6) is 5.75 Å². The van der Waals surface area contributed by atoms with Crippen molar-refractivity contribution in [3.63, 3.8) is 0 Å². The number of methoxy groups -OCH3 is 1. The molecule has 0 aromatic heterocycles. The van der Waals surface area contributed by atoms with Gasteiger partial charge in [-0.3, -0.25) is 9.59 Å². The van der Waals surface area contributed by atoms with E-state index in [-0.39, 0.29) is 6.61 Å². The molecule has 0 bridgehead atoms. The van der Waals surface area contributed by atoms with Crippen LogP contribution in [0.2, 0.25) is 0 Å². The van der Waals surface area contributed by atoms with Gasteiger partial charge in [0.15, 0.2) is 0 Å². The van der Waals surface area contributed by atoms with Crippen molar-refractivity contribution in [3.8, 4) is 5.75 Å². The predicted molar refractivity (Wildman–Crippen MR) is 83.7 cm³/mol. The molecule has 0 saturated carbocycles. The number of aliphatic hydroxyl groups is 1. The van der Waals surface area contributed by atoms with Gasteiger partial charge in [-0.25, -0.2) is 0 Å². The van der Waals surface area contributed by atoms with Crippen molar-refractivity contribution in [1.29, 1.82) is 0 Å². The molecule has 0 unspecified atom stereocenters. The Hall–Kier alpha value is -2.08. The van der Waals surface area contributed by atoms with E-state index in [0.717, 1.165) is 24.2 Å². The van der Waals surface area contributed by atoms with Crippen LogP contribution in [0.4, 0.5) is 0 Å². The maximum absolute atomic E-state index is 11.6. The molecule has 6 nitrogen and oxygen atoms in total. The Balaban J connectivity index is 2.17. The molecule has 22 heavy (non-hydrogen) atoms. The highest BCUT2D eigenvalue weighted by Crippen LogP contribution is 2.11. The van der Waals surface area contributed by atoms with Crippen LogP contribution in [-0.2, 0) is 16.0 Å². The van der Waals surface area contributed by atoms with Crippen molar-refractivity contribution in [2.75, 3.05) is 26.8 Å². The number of carbonyl (C=O) groups is 2. The van der Waals surface area contributed by atoms with Crippen LogP contribution in [0.3, 0.4) is 0 Å². The molecule has 6 heteroatoms. The van der Waals surface area contributed by atoms with E-state index >= 15 is 0 Å². The predicted octanol–water partition coefficient (Wildman–Crippen LogP) is 0.633. The number of aliphatic hydroxyl groups excluding tert-OH is 1. The Kier molecular flexibility index (Phi) is 8.67. The van der Waals surface area contributed by atoms with E-state index in [1.165, 1.54) is 0 Å². The summed E-state index contributed by atoms with van der Waals surface area (Å²) in [7, 11) is 1.61. The SMILES string of the molecule is COc1ccc(CCNC(=O)C(=O)NCCCCCO)cc1. The van der Waals surface area contributed by atoms with Crippen LogP contribution in [-0.4, -0.2) is 43.7 Å². The molecule has 0 aliphatic rings. The molecule has 0 spiro atoms. The molecule has 0 atom stereocenters. The number of benzene rings is 1. The lowest BCUT2D eigenvalue weighted by molar-refractivity contribution is -0.139. The van der Waals surface area contributed by atoms with Gasteiger partial charge in [0.2, 0.25) is 0 Å². The molecule has 0 aliphatic heterocycles. The Morgan fingerprint density at radius 3 is 2.23 bits per heavy atom. The third-order valence-electron chi connectivity index (χ3n) is 3.18. The normalized spacial score (nSPS) is 10.1. The Labute approximate surface area is 130 Å². The van der Waals surface area contributed by atoms with E-state index in [1.807, 2.05) is 24.3 Å². The largest absolute Gasteiger partial charge is 0.497 e. The van der Waals surface area contributed by atoms with Crippen molar-refractivity contribution >= 4 is 11.8 Å². The van der Waals surface area contributed by atoms with Gasteiger partial charge in [0.05, 0.1) is 7.11 Å². The summed E-state index contributed by atoms with van der Waals surface area (Å²) >= 11 is 0. The maximum atomic E-state index is 11.6. The van der Waals surface area contributed by atoms with Gasteiger partial charge < -0.3 is 20.5 Å². The van der Waals surface area contributed by atoms with Gasteiger partial charge in [-0.1, -0.05) is 12.1 Å². The van der Waals surface area contributed by atoms with Gasteiger partial charge in [-0.2, -0.15) is 0 Å². The molecular weight excluding hydrogens is 284 g/mol. The molecule has 0 radical (unpaired) electrons. The summed E-state index contributed by atoms with van der Waals surface area (Å²) in [5.74, 6) is -0.442. The van der Waals surface area contributed by atoms with E-state index in [2.05, 4.69) is 10.6 Å². The lowest BCUT2D eigenvalue weighted by atomic mass is 10.1. The van der Waals surface area contributed by atoms with E-state index in [1.54, 1.807) is 7.11 Å². The summed E-state index contributed by atoms with van der Waals surface area (Å²) in [6.45, 7) is 1.01. The number of unbranched alkanes of at least 4 members (excludes halogenated alkanes) is 2. The van der Waals surface area contributed by atoms with Crippen LogP contribution in [0.25, 0.3) is 0 Å². The van der Waals surface area contributed by atoms with Crippen LogP contribution in [0.15, 0.2) is 24.3 Å². The van der Waals surface area contributed by atoms with Gasteiger partial charge in [-0.05, 0) is 43.4 Å². The van der Waals surface area contributed by atoms with Crippen LogP contribution < -0.4 is 15.4 Å². The summed E-state index contributed by atoms with van der Waals surface area (Å²) < 4.78 is 5.07. The molecular formula is C16H24N2O4. The van der Waals surface area contributed by atoms with Crippen molar-refractivity contribution in [2.24, 2.45) is 0 Å². The molecule has 0 aliphatic carbocycles. The highest BCUT2D eigenvalue weighted by Gasteiger charge is 2.11. The Morgan fingerprint density at radius 2 is 1.64 bits per heavy atom. The fraction of sp³-hybridized carbons (Fsp3) is 0.500. The lowest BCUT2D eigenvalue weighted by Crippen LogP contribution is -2.41. The fourth-order valence-corrected chi connectivity index (χ4v) is 1.89. The standard InChI is InChI=1S/C16H24N2O4/c1-22-14-7-5-13(6-8-14)9-11-18-16(21)15(20)17-10-3-2-4-12-19/h5-8,19H,2-4,9-12H2,1H3,(H,17,20)(H,18,21). The van der Waals surface area contributed by atoms with Gasteiger partial charge >= 0.3 is 11.8 Å². The molecule has 2 amide bonds. The minimum Gasteiger partial charge on any atom is -0.497 e. The zero-order chi connectivity index (χ0) is 16.2. The van der Waals surface area contributed by atoms with Crippen molar-refractivity contribution in [2.45, 2.75) is 25.7 Å². The first-order valence-corrected chi connectivity index (χ1v) is 7.47. The average molecular weight is 308 g/mol. The second kappa shape index (κ2) is 10.6. The number of hydrogen-bond acceptors (Lipinski definition) is 4. The molecule has 0 heterocycles.